The Hall–Kier alpha value is -2.68. The minimum absolute atomic E-state index is 0.707. The second kappa shape index (κ2) is 5.51. The Bertz CT molecular complexity index is 1000. The van der Waals surface area contributed by atoms with Crippen molar-refractivity contribution in [1.82, 2.24) is 9.97 Å². The Labute approximate surface area is 135 Å². The van der Waals surface area contributed by atoms with E-state index in [9.17, 15) is 0 Å². The quantitative estimate of drug-likeness (QED) is 0.524. The fourth-order valence-electron chi connectivity index (χ4n) is 2.96. The molecule has 0 aliphatic carbocycles. The number of hydrogen-bond donors (Lipinski definition) is 0. The van der Waals surface area contributed by atoms with Crippen LogP contribution in [0.4, 0.5) is 0 Å². The van der Waals surface area contributed by atoms with E-state index < -0.39 is 0 Å². The molecule has 0 unspecified atom stereocenters. The van der Waals surface area contributed by atoms with Gasteiger partial charge in [0.25, 0.3) is 0 Å². The molecule has 3 heterocycles. The van der Waals surface area contributed by atoms with Crippen molar-refractivity contribution >= 4 is 22.1 Å². The van der Waals surface area contributed by atoms with Crippen molar-refractivity contribution in [3.8, 4) is 11.3 Å². The van der Waals surface area contributed by atoms with E-state index in [1.54, 1.807) is 0 Å². The molecule has 3 aromatic heterocycles. The predicted molar refractivity (Wildman–Crippen MR) is 93.5 cm³/mol. The number of para-hydroxylation sites is 1. The minimum atomic E-state index is 0.707. The molecule has 114 valence electrons. The monoisotopic (exact) mass is 302 g/mol. The number of nitrogens with zero attached hydrogens (tertiary/aromatic N) is 2. The maximum absolute atomic E-state index is 6.10. The molecule has 0 saturated heterocycles. The Morgan fingerprint density at radius 2 is 1.87 bits per heavy atom. The average Bonchev–Trinajstić information content (AvgIpc) is 2.99. The molecule has 0 aliphatic rings. The highest BCUT2D eigenvalue weighted by atomic mass is 16.3. The van der Waals surface area contributed by atoms with Crippen LogP contribution in [-0.4, -0.2) is 9.97 Å². The number of aryl methyl sites for hydroxylation is 2. The van der Waals surface area contributed by atoms with Gasteiger partial charge in [-0.1, -0.05) is 26.0 Å². The number of benzene rings is 1. The Kier molecular flexibility index (Phi) is 3.34. The van der Waals surface area contributed by atoms with Crippen LogP contribution in [0.25, 0.3) is 33.3 Å². The molecule has 4 aromatic rings. The third kappa shape index (κ3) is 2.29. The fourth-order valence-corrected chi connectivity index (χ4v) is 2.96. The lowest BCUT2D eigenvalue weighted by molar-refractivity contribution is 0.652. The number of pyridine rings is 2. The van der Waals surface area contributed by atoms with Crippen LogP contribution in [0.15, 0.2) is 53.1 Å². The van der Waals surface area contributed by atoms with E-state index >= 15 is 0 Å². The molecule has 23 heavy (non-hydrogen) atoms. The van der Waals surface area contributed by atoms with E-state index in [1.807, 2.05) is 6.20 Å². The standard InChI is InChI=1S/C20H18N2O/c1-3-13-10-11-21-18(12-13)17-7-5-6-15-16-9-8-14(4-2)22-20(16)23-19(15)17/h5-12H,3-4H2,1-2H3. The van der Waals surface area contributed by atoms with Gasteiger partial charge in [0.1, 0.15) is 5.58 Å². The third-order valence-corrected chi connectivity index (χ3v) is 4.29. The van der Waals surface area contributed by atoms with Gasteiger partial charge in [-0.2, -0.15) is 0 Å². The molecule has 0 saturated carbocycles. The van der Waals surface area contributed by atoms with E-state index in [1.165, 1.54) is 5.56 Å². The van der Waals surface area contributed by atoms with Crippen molar-refractivity contribution in [2.24, 2.45) is 0 Å². The summed E-state index contributed by atoms with van der Waals surface area (Å²) in [5, 5.41) is 2.15. The summed E-state index contributed by atoms with van der Waals surface area (Å²) < 4.78 is 6.10. The molecular formula is C20H18N2O. The smallest absolute Gasteiger partial charge is 0.227 e. The Balaban J connectivity index is 2.00. The van der Waals surface area contributed by atoms with Crippen molar-refractivity contribution in [3.05, 3.63) is 59.9 Å². The van der Waals surface area contributed by atoms with E-state index in [0.29, 0.717) is 5.71 Å². The van der Waals surface area contributed by atoms with Gasteiger partial charge < -0.3 is 4.42 Å². The van der Waals surface area contributed by atoms with Gasteiger partial charge in [0.2, 0.25) is 5.71 Å². The average molecular weight is 302 g/mol. The summed E-state index contributed by atoms with van der Waals surface area (Å²) in [5.74, 6) is 0. The van der Waals surface area contributed by atoms with Crippen LogP contribution in [0.5, 0.6) is 0 Å². The predicted octanol–water partition coefficient (Wildman–Crippen LogP) is 5.17. The lowest BCUT2D eigenvalue weighted by Crippen LogP contribution is -1.87. The van der Waals surface area contributed by atoms with Crippen molar-refractivity contribution in [2.45, 2.75) is 26.7 Å². The van der Waals surface area contributed by atoms with Crippen LogP contribution < -0.4 is 0 Å². The number of rotatable bonds is 3. The Morgan fingerprint density at radius 1 is 0.957 bits per heavy atom. The third-order valence-electron chi connectivity index (χ3n) is 4.29. The summed E-state index contributed by atoms with van der Waals surface area (Å²) in [6, 6.07) is 14.6. The van der Waals surface area contributed by atoms with Gasteiger partial charge in [0.05, 0.1) is 5.69 Å². The molecule has 0 spiro atoms. The summed E-state index contributed by atoms with van der Waals surface area (Å²) >= 11 is 0. The van der Waals surface area contributed by atoms with Crippen LogP contribution in [0, 0.1) is 0 Å². The van der Waals surface area contributed by atoms with E-state index in [2.05, 4.69) is 66.3 Å². The van der Waals surface area contributed by atoms with Gasteiger partial charge in [-0.05, 0) is 48.7 Å². The molecule has 3 heteroatoms. The molecule has 0 N–H and O–H groups in total. The van der Waals surface area contributed by atoms with Crippen molar-refractivity contribution in [2.75, 3.05) is 0 Å². The van der Waals surface area contributed by atoms with E-state index in [0.717, 1.165) is 46.1 Å². The van der Waals surface area contributed by atoms with Crippen molar-refractivity contribution < 1.29 is 4.42 Å². The molecular weight excluding hydrogens is 284 g/mol. The maximum Gasteiger partial charge on any atom is 0.227 e. The maximum atomic E-state index is 6.10. The summed E-state index contributed by atoms with van der Waals surface area (Å²) in [7, 11) is 0. The number of fused-ring (bicyclic) bond motifs is 3. The first-order valence-electron chi connectivity index (χ1n) is 8.06. The SMILES string of the molecule is CCc1ccnc(-c2cccc3c2oc2nc(CC)ccc23)c1. The lowest BCUT2D eigenvalue weighted by atomic mass is 10.0. The number of hydrogen-bond acceptors (Lipinski definition) is 3. The van der Waals surface area contributed by atoms with E-state index in [4.69, 9.17) is 4.42 Å². The summed E-state index contributed by atoms with van der Waals surface area (Å²) in [6.45, 7) is 4.25. The first-order valence-corrected chi connectivity index (χ1v) is 8.06. The van der Waals surface area contributed by atoms with Crippen LogP contribution in [-0.2, 0) is 12.8 Å². The summed E-state index contributed by atoms with van der Waals surface area (Å²) in [5.41, 5.74) is 5.86. The molecule has 0 radical (unpaired) electrons. The normalized spacial score (nSPS) is 11.4. The molecule has 0 bridgehead atoms. The molecule has 0 aliphatic heterocycles. The van der Waals surface area contributed by atoms with Crippen molar-refractivity contribution in [1.29, 1.82) is 0 Å². The highest BCUT2D eigenvalue weighted by molar-refractivity contribution is 6.08. The summed E-state index contributed by atoms with van der Waals surface area (Å²) in [4.78, 5) is 9.14. The number of furan rings is 1. The molecule has 0 atom stereocenters. The highest BCUT2D eigenvalue weighted by Gasteiger charge is 2.14. The van der Waals surface area contributed by atoms with Crippen LogP contribution >= 0.6 is 0 Å². The van der Waals surface area contributed by atoms with Gasteiger partial charge in [0, 0.05) is 28.2 Å². The van der Waals surface area contributed by atoms with E-state index in [-0.39, 0.29) is 0 Å². The minimum Gasteiger partial charge on any atom is -0.437 e. The highest BCUT2D eigenvalue weighted by Crippen LogP contribution is 2.34. The second-order valence-electron chi connectivity index (χ2n) is 5.70. The van der Waals surface area contributed by atoms with Gasteiger partial charge in [0.15, 0.2) is 0 Å². The first kappa shape index (κ1) is 13.9. The van der Waals surface area contributed by atoms with Gasteiger partial charge in [-0.3, -0.25) is 4.98 Å². The van der Waals surface area contributed by atoms with Gasteiger partial charge >= 0.3 is 0 Å². The number of aromatic nitrogens is 2. The topological polar surface area (TPSA) is 38.9 Å². The zero-order chi connectivity index (χ0) is 15.8. The van der Waals surface area contributed by atoms with Crippen LogP contribution in [0.2, 0.25) is 0 Å². The Morgan fingerprint density at radius 3 is 2.70 bits per heavy atom. The van der Waals surface area contributed by atoms with Crippen molar-refractivity contribution in [3.63, 3.8) is 0 Å². The molecule has 3 nitrogen and oxygen atoms in total. The zero-order valence-corrected chi connectivity index (χ0v) is 13.3. The lowest BCUT2D eigenvalue weighted by Gasteiger charge is -2.03. The summed E-state index contributed by atoms with van der Waals surface area (Å²) in [6.07, 6.45) is 3.76. The molecule has 1 aromatic carbocycles. The second-order valence-corrected chi connectivity index (χ2v) is 5.70. The zero-order valence-electron chi connectivity index (χ0n) is 13.3. The fraction of sp³-hybridized carbons (Fsp3) is 0.200. The van der Waals surface area contributed by atoms with Gasteiger partial charge in [-0.15, -0.1) is 0 Å². The van der Waals surface area contributed by atoms with Crippen LogP contribution in [0.1, 0.15) is 25.1 Å². The molecule has 0 amide bonds. The largest absolute Gasteiger partial charge is 0.437 e. The van der Waals surface area contributed by atoms with Gasteiger partial charge in [-0.25, -0.2) is 4.98 Å². The first-order chi connectivity index (χ1) is 11.3. The molecule has 4 rings (SSSR count). The molecule has 0 fully saturated rings. The van der Waals surface area contributed by atoms with Crippen LogP contribution in [0.3, 0.4) is 0 Å².